The van der Waals surface area contributed by atoms with Gasteiger partial charge >= 0.3 is 6.18 Å². The van der Waals surface area contributed by atoms with E-state index in [1.54, 1.807) is 42.5 Å². The molecule has 182 valence electrons. The summed E-state index contributed by atoms with van der Waals surface area (Å²) in [5.74, 6) is -0.424. The molecule has 0 saturated heterocycles. The van der Waals surface area contributed by atoms with Gasteiger partial charge in [-0.15, -0.1) is 0 Å². The summed E-state index contributed by atoms with van der Waals surface area (Å²) in [4.78, 5) is 24.8. The molecule has 3 heterocycles. The van der Waals surface area contributed by atoms with Crippen LogP contribution in [-0.2, 0) is 0 Å². The number of nitrogens with zero attached hydrogens (tertiary/aromatic N) is 2. The first kappa shape index (κ1) is 22.6. The number of amides is 2. The van der Waals surface area contributed by atoms with Crippen LogP contribution in [0.3, 0.4) is 0 Å². The van der Waals surface area contributed by atoms with Gasteiger partial charge in [0.1, 0.15) is 5.82 Å². The van der Waals surface area contributed by atoms with Crippen LogP contribution in [0.5, 0.6) is 11.5 Å². The number of benzene rings is 2. The lowest BCUT2D eigenvalue weighted by molar-refractivity contribution is -0.173. The Morgan fingerprint density at radius 1 is 1.03 bits per heavy atom. The number of carbonyl (C=O) groups is 2. The second-order valence-corrected chi connectivity index (χ2v) is 8.24. The number of halogens is 3. The van der Waals surface area contributed by atoms with E-state index in [0.29, 0.717) is 22.6 Å². The van der Waals surface area contributed by atoms with E-state index in [1.165, 1.54) is 6.07 Å². The molecule has 0 unspecified atom stereocenters. The highest BCUT2D eigenvalue weighted by Gasteiger charge is 2.47. The molecule has 0 radical (unpaired) electrons. The zero-order chi connectivity index (χ0) is 24.7. The number of rotatable bonds is 3. The molecule has 0 aliphatic carbocycles. The maximum absolute atomic E-state index is 13.9. The minimum Gasteiger partial charge on any atom is -0.454 e. The lowest BCUT2D eigenvalue weighted by Gasteiger charge is -2.33. The van der Waals surface area contributed by atoms with Crippen LogP contribution in [-0.4, -0.2) is 34.6 Å². The minimum absolute atomic E-state index is 0.0243. The van der Waals surface area contributed by atoms with Crippen molar-refractivity contribution < 1.29 is 32.2 Å². The fourth-order valence-corrected chi connectivity index (χ4v) is 3.99. The van der Waals surface area contributed by atoms with Crippen LogP contribution in [0.15, 0.2) is 48.5 Å². The Morgan fingerprint density at radius 2 is 1.74 bits per heavy atom. The molecule has 12 heteroatoms. The summed E-state index contributed by atoms with van der Waals surface area (Å²) in [6.07, 6.45) is -4.95. The number of hydrogen-bond donors (Lipinski definition) is 3. The molecule has 0 bridgehead atoms. The smallest absolute Gasteiger partial charge is 0.410 e. The first-order valence-electron chi connectivity index (χ1n) is 10.7. The van der Waals surface area contributed by atoms with Gasteiger partial charge in [-0.2, -0.15) is 18.3 Å². The molecule has 35 heavy (non-hydrogen) atoms. The zero-order valence-electron chi connectivity index (χ0n) is 18.3. The molecule has 3 aromatic rings. The van der Waals surface area contributed by atoms with E-state index >= 15 is 0 Å². The van der Waals surface area contributed by atoms with Crippen molar-refractivity contribution in [1.29, 1.82) is 0 Å². The summed E-state index contributed by atoms with van der Waals surface area (Å²) < 4.78 is 53.1. The maximum atomic E-state index is 13.9. The number of aryl methyl sites for hydroxylation is 1. The Bertz CT molecular complexity index is 1290. The zero-order valence-corrected chi connectivity index (χ0v) is 18.3. The quantitative estimate of drug-likeness (QED) is 0.487. The van der Waals surface area contributed by atoms with Gasteiger partial charge in [-0.05, 0) is 36.8 Å². The lowest BCUT2D eigenvalue weighted by Crippen LogP contribution is -2.42. The van der Waals surface area contributed by atoms with E-state index in [0.717, 1.165) is 10.2 Å². The summed E-state index contributed by atoms with van der Waals surface area (Å²) in [6.45, 7) is 1.91. The van der Waals surface area contributed by atoms with E-state index in [2.05, 4.69) is 21.3 Å². The molecule has 2 atom stereocenters. The van der Waals surface area contributed by atoms with E-state index in [9.17, 15) is 22.8 Å². The summed E-state index contributed by atoms with van der Waals surface area (Å²) in [5.41, 5.74) is 6.00. The van der Waals surface area contributed by atoms with E-state index in [-0.39, 0.29) is 24.7 Å². The van der Waals surface area contributed by atoms with Crippen LogP contribution in [0.1, 0.15) is 50.5 Å². The predicted molar refractivity (Wildman–Crippen MR) is 117 cm³/mol. The number of aromatic nitrogens is 2. The summed E-state index contributed by atoms with van der Waals surface area (Å²) in [6, 6.07) is 10.1. The standard InChI is InChI=1S/C23H20F3N5O4/c1-12-2-4-13(5-3-12)21(32)28-29-22(33)16-10-20-27-15(9-19(23(24,25)26)31(20)30-16)14-6-7-17-18(8-14)35-11-34-17/h2-8,10,15,19,27H,9,11H2,1H3,(H,28,32)(H,29,33)/t15-,19-/m1/s1. The molecule has 9 nitrogen and oxygen atoms in total. The van der Waals surface area contributed by atoms with Gasteiger partial charge in [-0.25, -0.2) is 4.68 Å². The van der Waals surface area contributed by atoms with Crippen LogP contribution >= 0.6 is 0 Å². The van der Waals surface area contributed by atoms with Crippen LogP contribution in [0.2, 0.25) is 0 Å². The predicted octanol–water partition coefficient (Wildman–Crippen LogP) is 3.66. The molecule has 0 spiro atoms. The van der Waals surface area contributed by atoms with E-state index in [1.807, 2.05) is 6.92 Å². The van der Waals surface area contributed by atoms with Crippen molar-refractivity contribution >= 4 is 17.6 Å². The number of hydrogen-bond acceptors (Lipinski definition) is 6. The summed E-state index contributed by atoms with van der Waals surface area (Å²) in [5, 5.41) is 6.89. The molecular formula is C23H20F3N5O4. The van der Waals surface area contributed by atoms with Gasteiger partial charge in [-0.3, -0.25) is 20.4 Å². The number of anilines is 1. The number of hydrazine groups is 1. The molecule has 2 aromatic carbocycles. The topological polar surface area (TPSA) is 107 Å². The highest BCUT2D eigenvalue weighted by atomic mass is 19.4. The van der Waals surface area contributed by atoms with Crippen molar-refractivity contribution in [2.24, 2.45) is 0 Å². The third-order valence-electron chi connectivity index (χ3n) is 5.82. The summed E-state index contributed by atoms with van der Waals surface area (Å²) in [7, 11) is 0. The average Bonchev–Trinajstić information content (AvgIpc) is 3.47. The molecule has 3 N–H and O–H groups in total. The number of fused-ring (bicyclic) bond motifs is 2. The Hall–Kier alpha value is -4.22. The first-order valence-corrected chi connectivity index (χ1v) is 10.7. The van der Waals surface area contributed by atoms with Crippen molar-refractivity contribution in [3.05, 3.63) is 70.9 Å². The minimum atomic E-state index is -4.61. The number of alkyl halides is 3. The first-order chi connectivity index (χ1) is 16.7. The fourth-order valence-electron chi connectivity index (χ4n) is 3.99. The third kappa shape index (κ3) is 4.46. The van der Waals surface area contributed by atoms with Crippen molar-refractivity contribution in [3.8, 4) is 11.5 Å². The summed E-state index contributed by atoms with van der Waals surface area (Å²) >= 11 is 0. The van der Waals surface area contributed by atoms with Crippen LogP contribution in [0, 0.1) is 6.92 Å². The third-order valence-corrected chi connectivity index (χ3v) is 5.82. The Balaban J connectivity index is 1.35. The molecule has 2 amide bonds. The molecular weight excluding hydrogens is 467 g/mol. The molecule has 5 rings (SSSR count). The lowest BCUT2D eigenvalue weighted by atomic mass is 9.96. The van der Waals surface area contributed by atoms with E-state index in [4.69, 9.17) is 9.47 Å². The molecule has 0 fully saturated rings. The van der Waals surface area contributed by atoms with Gasteiger partial charge in [0.2, 0.25) is 6.79 Å². The molecule has 2 aliphatic heterocycles. The van der Waals surface area contributed by atoms with Gasteiger partial charge in [0.15, 0.2) is 23.2 Å². The SMILES string of the molecule is Cc1ccc(C(=O)NNC(=O)c2cc3n(n2)[C@@H](C(F)(F)F)C[C@H](c2ccc4c(c2)OCO4)N3)cc1. The van der Waals surface area contributed by atoms with Gasteiger partial charge in [0.05, 0.1) is 6.04 Å². The second-order valence-electron chi connectivity index (χ2n) is 8.24. The molecule has 2 aliphatic rings. The monoisotopic (exact) mass is 487 g/mol. The van der Waals surface area contributed by atoms with Crippen molar-refractivity contribution in [1.82, 2.24) is 20.6 Å². The number of carbonyl (C=O) groups excluding carboxylic acids is 2. The van der Waals surface area contributed by atoms with Gasteiger partial charge in [-0.1, -0.05) is 23.8 Å². The van der Waals surface area contributed by atoms with E-state index < -0.39 is 30.1 Å². The fraction of sp³-hybridized carbons (Fsp3) is 0.261. The highest BCUT2D eigenvalue weighted by molar-refractivity contribution is 5.98. The Morgan fingerprint density at radius 3 is 2.49 bits per heavy atom. The van der Waals surface area contributed by atoms with Crippen molar-refractivity contribution in [2.45, 2.75) is 31.6 Å². The van der Waals surface area contributed by atoms with Crippen LogP contribution in [0.4, 0.5) is 19.0 Å². The average molecular weight is 487 g/mol. The normalized spacial score (nSPS) is 18.4. The second kappa shape index (κ2) is 8.53. The van der Waals surface area contributed by atoms with Gasteiger partial charge in [0, 0.05) is 18.1 Å². The highest BCUT2D eigenvalue weighted by Crippen LogP contribution is 2.45. The molecule has 0 saturated carbocycles. The van der Waals surface area contributed by atoms with Crippen LogP contribution in [0.25, 0.3) is 0 Å². The van der Waals surface area contributed by atoms with Crippen molar-refractivity contribution in [2.75, 3.05) is 12.1 Å². The number of nitrogens with one attached hydrogen (secondary N) is 3. The largest absolute Gasteiger partial charge is 0.454 e. The number of ether oxygens (including phenoxy) is 2. The Labute approximate surface area is 197 Å². The van der Waals surface area contributed by atoms with Gasteiger partial charge in [0.25, 0.3) is 11.8 Å². The van der Waals surface area contributed by atoms with Crippen molar-refractivity contribution in [3.63, 3.8) is 0 Å². The van der Waals surface area contributed by atoms with Crippen LogP contribution < -0.4 is 25.6 Å². The maximum Gasteiger partial charge on any atom is 0.410 e. The van der Waals surface area contributed by atoms with Gasteiger partial charge < -0.3 is 14.8 Å². The Kier molecular flexibility index (Phi) is 5.50. The molecule has 1 aromatic heterocycles.